The molecule has 0 aliphatic carbocycles. The van der Waals surface area contributed by atoms with Crippen LogP contribution in [0.25, 0.3) is 10.9 Å². The van der Waals surface area contributed by atoms with Crippen molar-refractivity contribution >= 4 is 22.8 Å². The van der Waals surface area contributed by atoms with Crippen LogP contribution < -0.4 is 5.32 Å². The van der Waals surface area contributed by atoms with E-state index in [9.17, 15) is 9.59 Å². The van der Waals surface area contributed by atoms with Gasteiger partial charge < -0.3 is 10.4 Å². The number of benzene rings is 1. The number of unbranched alkanes of at least 4 members (excludes halogenated alkanes) is 2. The number of aromatic nitrogens is 1. The lowest BCUT2D eigenvalue weighted by atomic mass is 10.1. The van der Waals surface area contributed by atoms with Crippen LogP contribution in [-0.2, 0) is 4.79 Å². The molecule has 1 amide bonds. The third-order valence-electron chi connectivity index (χ3n) is 3.30. The lowest BCUT2D eigenvalue weighted by Crippen LogP contribution is -2.20. The van der Waals surface area contributed by atoms with E-state index in [0.717, 1.165) is 29.4 Å². The molecule has 5 heteroatoms. The molecule has 1 aromatic carbocycles. The van der Waals surface area contributed by atoms with Crippen molar-refractivity contribution in [2.75, 3.05) is 6.54 Å². The molecular weight excluding hydrogens is 292 g/mol. The SMILES string of the molecule is CCCCCNC(C)=O.Cc1cc(C(=O)O)cc2cccnc12. The monoisotopic (exact) mass is 316 g/mol. The lowest BCUT2D eigenvalue weighted by Gasteiger charge is -2.02. The topological polar surface area (TPSA) is 79.3 Å². The van der Waals surface area contributed by atoms with Gasteiger partial charge in [-0.2, -0.15) is 0 Å². The zero-order chi connectivity index (χ0) is 17.2. The van der Waals surface area contributed by atoms with Gasteiger partial charge in [0.15, 0.2) is 0 Å². The van der Waals surface area contributed by atoms with E-state index in [-0.39, 0.29) is 5.91 Å². The number of carbonyl (C=O) groups excluding carboxylic acids is 1. The summed E-state index contributed by atoms with van der Waals surface area (Å²) in [6.45, 7) is 6.39. The van der Waals surface area contributed by atoms with Gasteiger partial charge in [0.05, 0.1) is 11.1 Å². The smallest absolute Gasteiger partial charge is 0.335 e. The van der Waals surface area contributed by atoms with Gasteiger partial charge in [-0.05, 0) is 37.1 Å². The predicted octanol–water partition coefficient (Wildman–Crippen LogP) is 3.55. The molecule has 0 aliphatic rings. The Morgan fingerprint density at radius 3 is 2.61 bits per heavy atom. The molecule has 0 unspecified atom stereocenters. The third-order valence-corrected chi connectivity index (χ3v) is 3.30. The number of aryl methyl sites for hydroxylation is 1. The number of nitrogens with one attached hydrogen (secondary N) is 1. The van der Waals surface area contributed by atoms with Gasteiger partial charge in [0.1, 0.15) is 0 Å². The number of carbonyl (C=O) groups is 2. The van der Waals surface area contributed by atoms with Crippen molar-refractivity contribution < 1.29 is 14.7 Å². The maximum absolute atomic E-state index is 10.8. The predicted molar refractivity (Wildman–Crippen MR) is 91.6 cm³/mol. The molecule has 124 valence electrons. The molecule has 2 N–H and O–H groups in total. The minimum absolute atomic E-state index is 0.0751. The van der Waals surface area contributed by atoms with Gasteiger partial charge in [0.25, 0.3) is 0 Å². The summed E-state index contributed by atoms with van der Waals surface area (Å²) in [5, 5.41) is 12.5. The summed E-state index contributed by atoms with van der Waals surface area (Å²) in [6, 6.07) is 6.94. The molecule has 1 heterocycles. The van der Waals surface area contributed by atoms with Crippen LogP contribution in [0, 0.1) is 6.92 Å². The number of carboxylic acids is 1. The van der Waals surface area contributed by atoms with E-state index in [4.69, 9.17) is 5.11 Å². The fraction of sp³-hybridized carbons (Fsp3) is 0.389. The fourth-order valence-electron chi connectivity index (χ4n) is 2.14. The van der Waals surface area contributed by atoms with Gasteiger partial charge in [-0.25, -0.2) is 4.79 Å². The van der Waals surface area contributed by atoms with Gasteiger partial charge in [-0.1, -0.05) is 25.8 Å². The quantitative estimate of drug-likeness (QED) is 0.827. The Bertz CT molecular complexity index is 668. The molecule has 23 heavy (non-hydrogen) atoms. The van der Waals surface area contributed by atoms with E-state index in [1.165, 1.54) is 12.8 Å². The molecule has 5 nitrogen and oxygen atoms in total. The van der Waals surface area contributed by atoms with E-state index in [1.807, 2.05) is 13.0 Å². The zero-order valence-electron chi connectivity index (χ0n) is 13.9. The van der Waals surface area contributed by atoms with Crippen LogP contribution in [0.4, 0.5) is 0 Å². The highest BCUT2D eigenvalue weighted by Gasteiger charge is 2.06. The van der Waals surface area contributed by atoms with Crippen molar-refractivity contribution in [3.8, 4) is 0 Å². The number of hydrogen-bond acceptors (Lipinski definition) is 3. The van der Waals surface area contributed by atoms with Crippen LogP contribution in [0.3, 0.4) is 0 Å². The first-order chi connectivity index (χ1) is 11.0. The fourth-order valence-corrected chi connectivity index (χ4v) is 2.14. The Hall–Kier alpha value is -2.43. The van der Waals surface area contributed by atoms with Crippen LogP contribution in [0.1, 0.15) is 49.0 Å². The van der Waals surface area contributed by atoms with Crippen LogP contribution >= 0.6 is 0 Å². The van der Waals surface area contributed by atoms with Crippen LogP contribution in [-0.4, -0.2) is 28.5 Å². The van der Waals surface area contributed by atoms with Crippen LogP contribution in [0.2, 0.25) is 0 Å². The first-order valence-electron chi connectivity index (χ1n) is 7.78. The normalized spacial score (nSPS) is 9.87. The number of carboxylic acid groups (broad SMARTS) is 1. The van der Waals surface area contributed by atoms with Crippen molar-refractivity contribution in [1.29, 1.82) is 0 Å². The first kappa shape index (κ1) is 18.6. The Balaban J connectivity index is 0.000000257. The molecule has 0 atom stereocenters. The van der Waals surface area contributed by atoms with E-state index in [0.29, 0.717) is 5.56 Å². The Morgan fingerprint density at radius 1 is 1.26 bits per heavy atom. The number of fused-ring (bicyclic) bond motifs is 1. The molecular formula is C18H24N2O3. The average Bonchev–Trinajstić information content (AvgIpc) is 2.52. The Kier molecular flexibility index (Phi) is 7.74. The number of rotatable bonds is 5. The average molecular weight is 316 g/mol. The molecule has 1 aromatic heterocycles. The van der Waals surface area contributed by atoms with Crippen molar-refractivity contribution in [1.82, 2.24) is 10.3 Å². The van der Waals surface area contributed by atoms with Gasteiger partial charge in [0.2, 0.25) is 5.91 Å². The standard InChI is InChI=1S/C11H9NO2.C7H15NO/c1-7-5-9(11(13)14)6-8-3-2-4-12-10(7)8;1-3-4-5-6-8-7(2)9/h2-6H,1H3,(H,13,14);3-6H2,1-2H3,(H,8,9). The maximum atomic E-state index is 10.8. The van der Waals surface area contributed by atoms with Crippen molar-refractivity contribution in [3.05, 3.63) is 41.6 Å². The molecule has 0 saturated carbocycles. The summed E-state index contributed by atoms with van der Waals surface area (Å²) >= 11 is 0. The summed E-state index contributed by atoms with van der Waals surface area (Å²) in [5.74, 6) is -0.829. The summed E-state index contributed by atoms with van der Waals surface area (Å²) in [5.41, 5.74) is 2.06. The Labute approximate surface area is 136 Å². The second-order valence-electron chi connectivity index (χ2n) is 5.36. The number of aromatic carboxylic acids is 1. The summed E-state index contributed by atoms with van der Waals surface area (Å²) < 4.78 is 0. The Morgan fingerprint density at radius 2 is 2.00 bits per heavy atom. The van der Waals surface area contributed by atoms with Crippen molar-refractivity contribution in [2.45, 2.75) is 40.0 Å². The second-order valence-corrected chi connectivity index (χ2v) is 5.36. The molecule has 0 bridgehead atoms. The van der Waals surface area contributed by atoms with Crippen LogP contribution in [0.15, 0.2) is 30.5 Å². The van der Waals surface area contributed by atoms with Gasteiger partial charge in [0, 0.05) is 25.1 Å². The van der Waals surface area contributed by atoms with Gasteiger partial charge in [-0.15, -0.1) is 0 Å². The minimum atomic E-state index is -0.904. The van der Waals surface area contributed by atoms with Crippen molar-refractivity contribution in [2.24, 2.45) is 0 Å². The molecule has 2 rings (SSSR count). The highest BCUT2D eigenvalue weighted by molar-refractivity contribution is 5.94. The molecule has 0 radical (unpaired) electrons. The van der Waals surface area contributed by atoms with E-state index in [1.54, 1.807) is 31.3 Å². The van der Waals surface area contributed by atoms with E-state index < -0.39 is 5.97 Å². The zero-order valence-corrected chi connectivity index (χ0v) is 13.9. The number of amides is 1. The first-order valence-corrected chi connectivity index (χ1v) is 7.78. The molecule has 0 saturated heterocycles. The maximum Gasteiger partial charge on any atom is 0.335 e. The van der Waals surface area contributed by atoms with Crippen molar-refractivity contribution in [3.63, 3.8) is 0 Å². The number of nitrogens with zero attached hydrogens (tertiary/aromatic N) is 1. The number of hydrogen-bond donors (Lipinski definition) is 2. The molecule has 2 aromatic rings. The summed E-state index contributed by atoms with van der Waals surface area (Å²) in [7, 11) is 0. The highest BCUT2D eigenvalue weighted by Crippen LogP contribution is 2.17. The van der Waals surface area contributed by atoms with Gasteiger partial charge in [-0.3, -0.25) is 9.78 Å². The van der Waals surface area contributed by atoms with E-state index >= 15 is 0 Å². The number of pyridine rings is 1. The third kappa shape index (κ3) is 6.46. The largest absolute Gasteiger partial charge is 0.478 e. The summed E-state index contributed by atoms with van der Waals surface area (Å²) in [6.07, 6.45) is 5.23. The highest BCUT2D eigenvalue weighted by atomic mass is 16.4. The molecule has 0 spiro atoms. The van der Waals surface area contributed by atoms with E-state index in [2.05, 4.69) is 17.2 Å². The summed E-state index contributed by atoms with van der Waals surface area (Å²) in [4.78, 5) is 25.3. The lowest BCUT2D eigenvalue weighted by molar-refractivity contribution is -0.118. The second kappa shape index (κ2) is 9.56. The minimum Gasteiger partial charge on any atom is -0.478 e. The van der Waals surface area contributed by atoms with Gasteiger partial charge >= 0.3 is 5.97 Å². The molecule has 0 aliphatic heterocycles. The van der Waals surface area contributed by atoms with Crippen LogP contribution in [0.5, 0.6) is 0 Å². The molecule has 0 fully saturated rings.